The molecule has 1 aromatic rings. The number of benzene rings is 1. The van der Waals surface area contributed by atoms with E-state index in [1.807, 2.05) is 19.0 Å². The number of para-hydroxylation sites is 1. The predicted molar refractivity (Wildman–Crippen MR) is 68.4 cm³/mol. The van der Waals surface area contributed by atoms with Gasteiger partial charge >= 0.3 is 5.69 Å². The van der Waals surface area contributed by atoms with Crippen molar-refractivity contribution in [1.82, 2.24) is 10.2 Å². The van der Waals surface area contributed by atoms with Crippen LogP contribution in [0.3, 0.4) is 0 Å². The molecule has 0 aromatic heterocycles. The molecular weight excluding hydrogens is 236 g/mol. The first kappa shape index (κ1) is 13.9. The number of amides is 1. The van der Waals surface area contributed by atoms with Crippen molar-refractivity contribution < 1.29 is 9.72 Å². The molecule has 0 unspecified atom stereocenters. The third-order valence-corrected chi connectivity index (χ3v) is 2.34. The van der Waals surface area contributed by atoms with E-state index >= 15 is 0 Å². The van der Waals surface area contributed by atoms with Crippen molar-refractivity contribution in [1.29, 1.82) is 0 Å². The summed E-state index contributed by atoms with van der Waals surface area (Å²) < 4.78 is 0. The molecule has 0 aliphatic rings. The maximum Gasteiger partial charge on any atom is 0.304 e. The van der Waals surface area contributed by atoms with Crippen LogP contribution in [0.25, 0.3) is 0 Å². The summed E-state index contributed by atoms with van der Waals surface area (Å²) in [7, 11) is 3.74. The van der Waals surface area contributed by atoms with E-state index in [0.717, 1.165) is 0 Å². The number of rotatable bonds is 5. The summed E-state index contributed by atoms with van der Waals surface area (Å²) in [6.45, 7) is 1.07. The van der Waals surface area contributed by atoms with Crippen LogP contribution in [0, 0.1) is 10.1 Å². The van der Waals surface area contributed by atoms with Crippen molar-refractivity contribution in [2.24, 2.45) is 0 Å². The summed E-state index contributed by atoms with van der Waals surface area (Å²) in [4.78, 5) is 23.9. The highest BCUT2D eigenvalue weighted by molar-refractivity contribution is 6.00. The van der Waals surface area contributed by atoms with Crippen molar-refractivity contribution >= 4 is 17.3 Å². The van der Waals surface area contributed by atoms with E-state index in [4.69, 9.17) is 5.73 Å². The van der Waals surface area contributed by atoms with Gasteiger partial charge in [0, 0.05) is 13.1 Å². The van der Waals surface area contributed by atoms with Crippen LogP contribution < -0.4 is 11.1 Å². The largest absolute Gasteiger partial charge is 0.393 e. The lowest BCUT2D eigenvalue weighted by atomic mass is 10.1. The van der Waals surface area contributed by atoms with Crippen molar-refractivity contribution in [3.63, 3.8) is 0 Å². The number of nitrogen functional groups attached to an aromatic ring is 1. The van der Waals surface area contributed by atoms with E-state index in [1.165, 1.54) is 18.2 Å². The topological polar surface area (TPSA) is 102 Å². The van der Waals surface area contributed by atoms with Crippen molar-refractivity contribution in [2.45, 2.75) is 0 Å². The van der Waals surface area contributed by atoms with Gasteiger partial charge in [-0.05, 0) is 26.2 Å². The molecule has 7 heteroatoms. The molecule has 0 bridgehead atoms. The smallest absolute Gasteiger partial charge is 0.304 e. The van der Waals surface area contributed by atoms with Crippen molar-refractivity contribution in [3.8, 4) is 0 Å². The molecule has 0 saturated carbocycles. The zero-order valence-corrected chi connectivity index (χ0v) is 10.3. The van der Waals surface area contributed by atoms with Crippen LogP contribution >= 0.6 is 0 Å². The number of anilines is 1. The highest BCUT2D eigenvalue weighted by Crippen LogP contribution is 2.25. The molecule has 98 valence electrons. The summed E-state index contributed by atoms with van der Waals surface area (Å²) in [5.74, 6) is -0.490. The zero-order chi connectivity index (χ0) is 13.7. The molecule has 7 nitrogen and oxygen atoms in total. The van der Waals surface area contributed by atoms with Crippen LogP contribution in [0.5, 0.6) is 0 Å². The van der Waals surface area contributed by atoms with Crippen LogP contribution in [0.1, 0.15) is 10.4 Å². The minimum Gasteiger partial charge on any atom is -0.393 e. The highest BCUT2D eigenvalue weighted by atomic mass is 16.6. The molecule has 0 atom stereocenters. The number of hydrogen-bond acceptors (Lipinski definition) is 5. The normalized spacial score (nSPS) is 10.4. The number of nitro benzene ring substituents is 1. The minimum absolute atomic E-state index is 0.0136. The number of hydrogen-bond donors (Lipinski definition) is 2. The number of nitrogens with zero attached hydrogens (tertiary/aromatic N) is 2. The summed E-state index contributed by atoms with van der Waals surface area (Å²) in [5, 5.41) is 13.5. The lowest BCUT2D eigenvalue weighted by Gasteiger charge is -2.10. The van der Waals surface area contributed by atoms with Gasteiger partial charge in [-0.15, -0.1) is 0 Å². The number of nitrogens with one attached hydrogen (secondary N) is 1. The van der Waals surface area contributed by atoms with Gasteiger partial charge in [-0.25, -0.2) is 0 Å². The summed E-state index contributed by atoms with van der Waals surface area (Å²) in [6, 6.07) is 4.30. The number of likely N-dealkylation sites (N-methyl/N-ethyl adjacent to an activating group) is 1. The molecule has 3 N–H and O–H groups in total. The summed E-state index contributed by atoms with van der Waals surface area (Å²) in [5.41, 5.74) is 5.13. The van der Waals surface area contributed by atoms with Crippen LogP contribution in [-0.2, 0) is 0 Å². The Labute approximate surface area is 105 Å². The number of nitro groups is 1. The third-order valence-electron chi connectivity index (χ3n) is 2.34. The first-order chi connectivity index (χ1) is 8.43. The number of nitrogens with two attached hydrogens (primary N) is 1. The molecule has 1 aromatic carbocycles. The fraction of sp³-hybridized carbons (Fsp3) is 0.364. The van der Waals surface area contributed by atoms with Gasteiger partial charge in [0.05, 0.1) is 4.92 Å². The Hall–Kier alpha value is -2.15. The van der Waals surface area contributed by atoms with Gasteiger partial charge in [0.25, 0.3) is 5.91 Å². The van der Waals surface area contributed by atoms with E-state index < -0.39 is 10.8 Å². The number of carbonyl (C=O) groups is 1. The first-order valence-corrected chi connectivity index (χ1v) is 5.39. The quantitative estimate of drug-likeness (QED) is 0.450. The van der Waals surface area contributed by atoms with Crippen molar-refractivity contribution in [2.75, 3.05) is 32.9 Å². The second kappa shape index (κ2) is 5.97. The maximum absolute atomic E-state index is 11.8. The molecule has 0 heterocycles. The lowest BCUT2D eigenvalue weighted by molar-refractivity contribution is -0.384. The standard InChI is InChI=1S/C11H16N4O3/c1-14(2)7-6-13-11(16)8-4-3-5-9(12)10(8)15(17)18/h3-5H,6-7,12H2,1-2H3,(H,13,16). The fourth-order valence-corrected chi connectivity index (χ4v) is 1.44. The monoisotopic (exact) mass is 252 g/mol. The van der Waals surface area contributed by atoms with E-state index in [2.05, 4.69) is 5.32 Å². The predicted octanol–water partition coefficient (Wildman–Crippen LogP) is 0.468. The second-order valence-electron chi connectivity index (χ2n) is 4.06. The molecule has 0 aliphatic heterocycles. The van der Waals surface area contributed by atoms with Crippen molar-refractivity contribution in [3.05, 3.63) is 33.9 Å². The van der Waals surface area contributed by atoms with Gasteiger partial charge in [0.2, 0.25) is 0 Å². The Bertz CT molecular complexity index is 460. The van der Waals surface area contributed by atoms with Gasteiger partial charge in [-0.2, -0.15) is 0 Å². The third kappa shape index (κ3) is 3.42. The fourth-order valence-electron chi connectivity index (χ4n) is 1.44. The van der Waals surface area contributed by atoms with Gasteiger partial charge in [-0.3, -0.25) is 14.9 Å². The lowest BCUT2D eigenvalue weighted by Crippen LogP contribution is -2.31. The Balaban J connectivity index is 2.86. The first-order valence-electron chi connectivity index (χ1n) is 5.39. The maximum atomic E-state index is 11.8. The van der Waals surface area contributed by atoms with E-state index in [0.29, 0.717) is 13.1 Å². The molecular formula is C11H16N4O3. The molecule has 0 aliphatic carbocycles. The van der Waals surface area contributed by atoms with E-state index in [-0.39, 0.29) is 16.9 Å². The van der Waals surface area contributed by atoms with E-state index in [1.54, 1.807) is 0 Å². The summed E-state index contributed by atoms with van der Waals surface area (Å²) in [6.07, 6.45) is 0. The highest BCUT2D eigenvalue weighted by Gasteiger charge is 2.22. The average Bonchev–Trinajstić information content (AvgIpc) is 2.27. The average molecular weight is 252 g/mol. The van der Waals surface area contributed by atoms with E-state index in [9.17, 15) is 14.9 Å². The number of carbonyl (C=O) groups excluding carboxylic acids is 1. The van der Waals surface area contributed by atoms with Gasteiger partial charge in [0.15, 0.2) is 0 Å². The zero-order valence-electron chi connectivity index (χ0n) is 10.3. The molecule has 0 spiro atoms. The Morgan fingerprint density at radius 3 is 2.72 bits per heavy atom. The molecule has 0 fully saturated rings. The molecule has 1 rings (SSSR count). The molecule has 18 heavy (non-hydrogen) atoms. The van der Waals surface area contributed by atoms with Gasteiger partial charge in [0.1, 0.15) is 11.3 Å². The van der Waals surface area contributed by atoms with Crippen LogP contribution in [-0.4, -0.2) is 42.9 Å². The van der Waals surface area contributed by atoms with Crippen LogP contribution in [0.2, 0.25) is 0 Å². The summed E-state index contributed by atoms with van der Waals surface area (Å²) >= 11 is 0. The molecule has 0 saturated heterocycles. The van der Waals surface area contributed by atoms with Gasteiger partial charge < -0.3 is 16.0 Å². The second-order valence-corrected chi connectivity index (χ2v) is 4.06. The van der Waals surface area contributed by atoms with Crippen LogP contribution in [0.15, 0.2) is 18.2 Å². The van der Waals surface area contributed by atoms with Crippen LogP contribution in [0.4, 0.5) is 11.4 Å². The van der Waals surface area contributed by atoms with Gasteiger partial charge in [-0.1, -0.05) is 6.07 Å². The molecule has 1 amide bonds. The Kier molecular flexibility index (Phi) is 4.61. The Morgan fingerprint density at radius 2 is 2.17 bits per heavy atom. The molecule has 0 radical (unpaired) electrons. The Morgan fingerprint density at radius 1 is 1.50 bits per heavy atom. The SMILES string of the molecule is CN(C)CCNC(=O)c1cccc(N)c1[N+](=O)[O-]. The minimum atomic E-state index is -0.643.